The van der Waals surface area contributed by atoms with Crippen LogP contribution >= 0.6 is 0 Å². The van der Waals surface area contributed by atoms with Gasteiger partial charge in [-0.25, -0.2) is 14.4 Å². The lowest BCUT2D eigenvalue weighted by molar-refractivity contribution is -0.146. The van der Waals surface area contributed by atoms with E-state index in [-0.39, 0.29) is 54.9 Å². The molecule has 0 aliphatic carbocycles. The molecular formula is C36H36N6O9. The second-order valence-electron chi connectivity index (χ2n) is 10.7. The first-order valence-corrected chi connectivity index (χ1v) is 15.2. The zero-order valence-electron chi connectivity index (χ0n) is 28.2. The Labute approximate surface area is 293 Å². The molecule has 0 fully saturated rings. The zero-order valence-corrected chi connectivity index (χ0v) is 28.2. The minimum Gasteiger partial charge on any atom is -0.457 e. The number of ether oxygens (including phenoxy) is 6. The fourth-order valence-corrected chi connectivity index (χ4v) is 3.74. The molecule has 0 spiro atoms. The predicted octanol–water partition coefficient (Wildman–Crippen LogP) is 6.47. The van der Waals surface area contributed by atoms with Crippen LogP contribution in [-0.2, 0) is 28.6 Å². The summed E-state index contributed by atoms with van der Waals surface area (Å²) >= 11 is 0. The number of nitrogens with one attached hydrogen (secondary N) is 3. The number of esters is 3. The van der Waals surface area contributed by atoms with Crippen molar-refractivity contribution in [1.29, 1.82) is 0 Å². The van der Waals surface area contributed by atoms with E-state index in [0.29, 0.717) is 34.3 Å². The summed E-state index contributed by atoms with van der Waals surface area (Å²) in [5.74, 6) is -0.00836. The van der Waals surface area contributed by atoms with Crippen LogP contribution in [0, 0.1) is 0 Å². The first-order valence-electron chi connectivity index (χ1n) is 15.2. The van der Waals surface area contributed by atoms with E-state index in [9.17, 15) is 14.4 Å². The molecule has 15 heteroatoms. The van der Waals surface area contributed by atoms with Gasteiger partial charge in [0.05, 0.1) is 0 Å². The Morgan fingerprint density at radius 2 is 0.784 bits per heavy atom. The number of hydrogen-bond donors (Lipinski definition) is 3. The molecule has 51 heavy (non-hydrogen) atoms. The fraction of sp³-hybridized carbons (Fsp3) is 0.167. The molecule has 0 radical (unpaired) electrons. The quantitative estimate of drug-likeness (QED) is 0.0445. The standard InChI is InChI=1S/C36H36N6O9/c1-22(2)31(43)49-19-46-28-13-7-10-25(16-28)37-34-40-35(38-26-11-8-14-29(17-26)47-20-50-32(44)23(3)4)42-36(41-34)39-27-12-9-15-30(18-27)48-21-51-33(45)24(5)6/h7-18H,1,3,5,19-21H2,2,4,6H3,(H3,37,38,39,40,41,42). The fourth-order valence-electron chi connectivity index (χ4n) is 3.74. The van der Waals surface area contributed by atoms with E-state index in [1.807, 2.05) is 0 Å². The van der Waals surface area contributed by atoms with E-state index in [2.05, 4.69) is 50.6 Å². The summed E-state index contributed by atoms with van der Waals surface area (Å²) in [6.45, 7) is 14.3. The summed E-state index contributed by atoms with van der Waals surface area (Å²) < 4.78 is 31.7. The second-order valence-corrected chi connectivity index (χ2v) is 10.7. The molecule has 4 aromatic rings. The summed E-state index contributed by atoms with van der Waals surface area (Å²) in [5.41, 5.74) is 2.43. The lowest BCUT2D eigenvalue weighted by Crippen LogP contribution is -2.11. The monoisotopic (exact) mass is 696 g/mol. The largest absolute Gasteiger partial charge is 0.457 e. The Hall–Kier alpha value is -6.90. The van der Waals surface area contributed by atoms with Crippen LogP contribution in [0.3, 0.4) is 0 Å². The van der Waals surface area contributed by atoms with Gasteiger partial charge in [-0.3, -0.25) is 0 Å². The minimum absolute atomic E-state index is 0.152. The molecule has 15 nitrogen and oxygen atoms in total. The van der Waals surface area contributed by atoms with E-state index in [1.165, 1.54) is 20.8 Å². The van der Waals surface area contributed by atoms with Gasteiger partial charge in [-0.15, -0.1) is 0 Å². The highest BCUT2D eigenvalue weighted by molar-refractivity contribution is 5.87. The van der Waals surface area contributed by atoms with Crippen LogP contribution < -0.4 is 30.2 Å². The van der Waals surface area contributed by atoms with E-state index in [0.717, 1.165) is 0 Å². The van der Waals surface area contributed by atoms with Crippen LogP contribution in [0.2, 0.25) is 0 Å². The molecule has 1 aromatic heterocycles. The molecular weight excluding hydrogens is 660 g/mol. The van der Waals surface area contributed by atoms with Gasteiger partial charge in [-0.1, -0.05) is 37.9 Å². The van der Waals surface area contributed by atoms with E-state index < -0.39 is 17.9 Å². The number of nitrogens with zero attached hydrogens (tertiary/aromatic N) is 3. The van der Waals surface area contributed by atoms with Gasteiger partial charge in [0.2, 0.25) is 38.2 Å². The van der Waals surface area contributed by atoms with E-state index >= 15 is 0 Å². The van der Waals surface area contributed by atoms with Gasteiger partial charge in [0.15, 0.2) is 0 Å². The Balaban J connectivity index is 1.54. The molecule has 0 amide bonds. The van der Waals surface area contributed by atoms with Crippen molar-refractivity contribution in [3.8, 4) is 17.2 Å². The van der Waals surface area contributed by atoms with Crippen LogP contribution in [0.25, 0.3) is 0 Å². The van der Waals surface area contributed by atoms with Crippen molar-refractivity contribution in [2.24, 2.45) is 0 Å². The second kappa shape index (κ2) is 18.0. The van der Waals surface area contributed by atoms with E-state index in [4.69, 9.17) is 28.4 Å². The van der Waals surface area contributed by atoms with Crippen molar-refractivity contribution in [2.45, 2.75) is 20.8 Å². The Bertz CT molecular complexity index is 1700. The molecule has 3 aromatic carbocycles. The smallest absolute Gasteiger partial charge is 0.335 e. The van der Waals surface area contributed by atoms with Crippen LogP contribution in [0.15, 0.2) is 109 Å². The van der Waals surface area contributed by atoms with Crippen molar-refractivity contribution in [3.05, 3.63) is 109 Å². The van der Waals surface area contributed by atoms with Crippen molar-refractivity contribution < 1.29 is 42.8 Å². The molecule has 0 aliphatic heterocycles. The van der Waals surface area contributed by atoms with Gasteiger partial charge in [0.25, 0.3) is 0 Å². The van der Waals surface area contributed by atoms with Crippen LogP contribution in [-0.4, -0.2) is 53.2 Å². The van der Waals surface area contributed by atoms with Crippen LogP contribution in [0.5, 0.6) is 17.2 Å². The average molecular weight is 697 g/mol. The highest BCUT2D eigenvalue weighted by Gasteiger charge is 2.12. The van der Waals surface area contributed by atoms with Gasteiger partial charge < -0.3 is 44.4 Å². The van der Waals surface area contributed by atoms with Crippen molar-refractivity contribution in [2.75, 3.05) is 36.3 Å². The molecule has 1 heterocycles. The van der Waals surface area contributed by atoms with E-state index in [1.54, 1.807) is 72.8 Å². The summed E-state index contributed by atoms with van der Waals surface area (Å²) in [6, 6.07) is 20.6. The summed E-state index contributed by atoms with van der Waals surface area (Å²) in [7, 11) is 0. The van der Waals surface area contributed by atoms with Gasteiger partial charge in [-0.2, -0.15) is 15.0 Å². The maximum atomic E-state index is 11.7. The van der Waals surface area contributed by atoms with Gasteiger partial charge >= 0.3 is 17.9 Å². The number of aromatic nitrogens is 3. The molecule has 0 aliphatic rings. The normalized spacial score (nSPS) is 10.2. The van der Waals surface area contributed by atoms with Crippen molar-refractivity contribution >= 4 is 52.8 Å². The first-order chi connectivity index (χ1) is 24.4. The molecule has 4 rings (SSSR count). The summed E-state index contributed by atoms with van der Waals surface area (Å²) in [6.07, 6.45) is 0. The number of benzene rings is 3. The molecule has 0 unspecified atom stereocenters. The highest BCUT2D eigenvalue weighted by atomic mass is 16.7. The first kappa shape index (κ1) is 36.9. The minimum atomic E-state index is -0.568. The molecule has 0 saturated heterocycles. The number of anilines is 6. The third-order valence-corrected chi connectivity index (χ3v) is 6.20. The molecule has 0 atom stereocenters. The third-order valence-electron chi connectivity index (χ3n) is 6.20. The van der Waals surface area contributed by atoms with Gasteiger partial charge in [0.1, 0.15) is 17.2 Å². The van der Waals surface area contributed by atoms with Gasteiger partial charge in [0, 0.05) is 52.0 Å². The van der Waals surface area contributed by atoms with Crippen LogP contribution in [0.4, 0.5) is 34.9 Å². The number of carbonyl (C=O) groups is 3. The van der Waals surface area contributed by atoms with Crippen molar-refractivity contribution in [1.82, 2.24) is 15.0 Å². The maximum Gasteiger partial charge on any atom is 0.335 e. The molecule has 264 valence electrons. The lowest BCUT2D eigenvalue weighted by Gasteiger charge is -2.14. The van der Waals surface area contributed by atoms with Gasteiger partial charge in [-0.05, 0) is 57.2 Å². The third kappa shape index (κ3) is 12.2. The number of carbonyl (C=O) groups excluding carboxylic acids is 3. The Kier molecular flexibility index (Phi) is 13.1. The van der Waals surface area contributed by atoms with Crippen LogP contribution in [0.1, 0.15) is 20.8 Å². The topological polar surface area (TPSA) is 181 Å². The number of rotatable bonds is 18. The predicted molar refractivity (Wildman–Crippen MR) is 188 cm³/mol. The summed E-state index contributed by atoms with van der Waals surface area (Å²) in [5, 5.41) is 9.38. The molecule has 3 N–H and O–H groups in total. The molecule has 0 bridgehead atoms. The average Bonchev–Trinajstić information content (AvgIpc) is 3.08. The Morgan fingerprint density at radius 1 is 0.510 bits per heavy atom. The SMILES string of the molecule is C=C(C)C(=O)OCOc1cccc(Nc2nc(Nc3cccc(OCOC(=O)C(=C)C)c3)nc(Nc3cccc(OCOC(=O)C(=C)C)c3)n2)c1. The zero-order chi connectivity index (χ0) is 36.8. The maximum absolute atomic E-state index is 11.7. The number of hydrogen-bond acceptors (Lipinski definition) is 15. The lowest BCUT2D eigenvalue weighted by atomic mass is 10.3. The van der Waals surface area contributed by atoms with Crippen molar-refractivity contribution in [3.63, 3.8) is 0 Å². The highest BCUT2D eigenvalue weighted by Crippen LogP contribution is 2.26. The Morgan fingerprint density at radius 3 is 1.04 bits per heavy atom. The molecule has 0 saturated carbocycles. The summed E-state index contributed by atoms with van der Waals surface area (Å²) in [4.78, 5) is 48.6.